The summed E-state index contributed by atoms with van der Waals surface area (Å²) in [5.74, 6) is 1.40. The summed E-state index contributed by atoms with van der Waals surface area (Å²) in [5, 5.41) is 2.77. The predicted octanol–water partition coefficient (Wildman–Crippen LogP) is 3.64. The van der Waals surface area contributed by atoms with Crippen LogP contribution in [0.3, 0.4) is 0 Å². The molecule has 0 unspecified atom stereocenters. The maximum absolute atomic E-state index is 11.2. The van der Waals surface area contributed by atoms with Gasteiger partial charge in [0.25, 0.3) is 0 Å². The Balaban J connectivity index is 2.14. The van der Waals surface area contributed by atoms with Gasteiger partial charge in [0.15, 0.2) is 0 Å². The van der Waals surface area contributed by atoms with Crippen molar-refractivity contribution in [2.75, 3.05) is 5.32 Å². The number of carbonyl (C=O) groups excluding carboxylic acids is 1. The second-order valence-electron chi connectivity index (χ2n) is 4.31. The normalized spacial score (nSPS) is 10.2. The van der Waals surface area contributed by atoms with Crippen molar-refractivity contribution in [3.05, 3.63) is 53.7 Å². The fourth-order valence-electron chi connectivity index (χ4n) is 1.65. The number of nitrogens with zero attached hydrogens (tertiary/aromatic N) is 1. The van der Waals surface area contributed by atoms with E-state index in [9.17, 15) is 4.79 Å². The maximum Gasteiger partial charge on any atom is 0.222 e. The highest BCUT2D eigenvalue weighted by molar-refractivity contribution is 7.98. The third kappa shape index (κ3) is 4.10. The third-order valence-electron chi connectivity index (χ3n) is 2.52. The lowest BCUT2D eigenvalue weighted by atomic mass is 10.2. The van der Waals surface area contributed by atoms with Gasteiger partial charge in [0, 0.05) is 18.9 Å². The van der Waals surface area contributed by atoms with Crippen molar-refractivity contribution in [3.8, 4) is 0 Å². The summed E-state index contributed by atoms with van der Waals surface area (Å²) in [4.78, 5) is 16.4. The largest absolute Gasteiger partial charge is 0.310 e. The molecule has 2 aromatic rings. The average Bonchev–Trinajstić information content (AvgIpc) is 2.40. The first-order valence-electron chi connectivity index (χ1n) is 6.06. The molecular formula is C15H16N2OS. The Hall–Kier alpha value is -1.81. The highest BCUT2D eigenvalue weighted by Crippen LogP contribution is 2.29. The standard InChI is InChI=1S/C15H16N2OS/c1-11-8-14(15(16-9-11)17-12(2)18)19-10-13-6-4-3-5-7-13/h3-9H,10H2,1-2H3,(H,16,17,18). The number of pyridine rings is 1. The number of carbonyl (C=O) groups is 1. The first kappa shape index (κ1) is 13.6. The molecule has 0 aliphatic carbocycles. The molecule has 3 nitrogen and oxygen atoms in total. The summed E-state index contributed by atoms with van der Waals surface area (Å²) in [6.07, 6.45) is 1.76. The van der Waals surface area contributed by atoms with E-state index in [4.69, 9.17) is 0 Å². The molecule has 0 fully saturated rings. The molecule has 2 rings (SSSR count). The number of amides is 1. The molecule has 0 radical (unpaired) electrons. The molecule has 0 aliphatic rings. The van der Waals surface area contributed by atoms with E-state index in [1.54, 1.807) is 18.0 Å². The lowest BCUT2D eigenvalue weighted by Gasteiger charge is -2.09. The van der Waals surface area contributed by atoms with Crippen LogP contribution in [0.5, 0.6) is 0 Å². The highest BCUT2D eigenvalue weighted by Gasteiger charge is 2.07. The van der Waals surface area contributed by atoms with E-state index in [0.29, 0.717) is 5.82 Å². The molecule has 1 heterocycles. The van der Waals surface area contributed by atoms with Gasteiger partial charge in [-0.05, 0) is 24.1 Å². The molecule has 0 aliphatic heterocycles. The minimum Gasteiger partial charge on any atom is -0.310 e. The average molecular weight is 272 g/mol. The molecule has 98 valence electrons. The van der Waals surface area contributed by atoms with Gasteiger partial charge in [-0.3, -0.25) is 4.79 Å². The van der Waals surface area contributed by atoms with E-state index in [1.807, 2.05) is 31.2 Å². The van der Waals surface area contributed by atoms with Gasteiger partial charge in [0.05, 0.1) is 4.90 Å². The second kappa shape index (κ2) is 6.38. The van der Waals surface area contributed by atoms with Crippen LogP contribution in [0.25, 0.3) is 0 Å². The summed E-state index contributed by atoms with van der Waals surface area (Å²) in [5.41, 5.74) is 2.34. The summed E-state index contributed by atoms with van der Waals surface area (Å²) < 4.78 is 0. The topological polar surface area (TPSA) is 42.0 Å². The first-order chi connectivity index (χ1) is 9.15. The fourth-order valence-corrected chi connectivity index (χ4v) is 2.67. The van der Waals surface area contributed by atoms with Gasteiger partial charge >= 0.3 is 0 Å². The number of thioether (sulfide) groups is 1. The highest BCUT2D eigenvalue weighted by atomic mass is 32.2. The minimum absolute atomic E-state index is 0.0992. The van der Waals surface area contributed by atoms with E-state index >= 15 is 0 Å². The van der Waals surface area contributed by atoms with Gasteiger partial charge in [-0.25, -0.2) is 4.98 Å². The second-order valence-corrected chi connectivity index (χ2v) is 5.33. The van der Waals surface area contributed by atoms with Crippen LogP contribution < -0.4 is 5.32 Å². The zero-order valence-electron chi connectivity index (χ0n) is 11.0. The number of hydrogen-bond acceptors (Lipinski definition) is 3. The number of benzene rings is 1. The minimum atomic E-state index is -0.0992. The molecule has 1 aromatic carbocycles. The van der Waals surface area contributed by atoms with Gasteiger partial charge in [-0.1, -0.05) is 30.3 Å². The Bertz CT molecular complexity index is 570. The molecule has 1 aromatic heterocycles. The Morgan fingerprint density at radius 1 is 1.32 bits per heavy atom. The molecule has 1 N–H and O–H groups in total. The van der Waals surface area contributed by atoms with Gasteiger partial charge in [0.1, 0.15) is 5.82 Å². The summed E-state index contributed by atoms with van der Waals surface area (Å²) in [6.45, 7) is 3.49. The summed E-state index contributed by atoms with van der Waals surface area (Å²) in [6, 6.07) is 12.3. The Morgan fingerprint density at radius 2 is 2.05 bits per heavy atom. The van der Waals surface area contributed by atoms with Crippen LogP contribution in [-0.4, -0.2) is 10.9 Å². The van der Waals surface area contributed by atoms with Crippen LogP contribution in [0.15, 0.2) is 47.5 Å². The number of anilines is 1. The zero-order chi connectivity index (χ0) is 13.7. The SMILES string of the molecule is CC(=O)Nc1ncc(C)cc1SCc1ccccc1. The number of aromatic nitrogens is 1. The van der Waals surface area contributed by atoms with Crippen LogP contribution in [0.1, 0.15) is 18.1 Å². The summed E-state index contributed by atoms with van der Waals surface area (Å²) in [7, 11) is 0. The fraction of sp³-hybridized carbons (Fsp3) is 0.200. The van der Waals surface area contributed by atoms with E-state index < -0.39 is 0 Å². The Morgan fingerprint density at radius 3 is 2.74 bits per heavy atom. The van der Waals surface area contributed by atoms with E-state index in [0.717, 1.165) is 16.2 Å². The number of aryl methyl sites for hydroxylation is 1. The maximum atomic E-state index is 11.2. The molecule has 19 heavy (non-hydrogen) atoms. The quantitative estimate of drug-likeness (QED) is 0.864. The number of nitrogens with one attached hydrogen (secondary N) is 1. The molecule has 0 atom stereocenters. The van der Waals surface area contributed by atoms with Crippen LogP contribution in [0, 0.1) is 6.92 Å². The van der Waals surface area contributed by atoms with E-state index in [-0.39, 0.29) is 5.91 Å². The summed E-state index contributed by atoms with van der Waals surface area (Å²) >= 11 is 1.68. The molecule has 0 spiro atoms. The van der Waals surface area contributed by atoms with Crippen molar-refractivity contribution >= 4 is 23.5 Å². The van der Waals surface area contributed by atoms with Crippen LogP contribution in [0.4, 0.5) is 5.82 Å². The van der Waals surface area contributed by atoms with E-state index in [2.05, 4.69) is 22.4 Å². The van der Waals surface area contributed by atoms with Crippen molar-refractivity contribution in [2.24, 2.45) is 0 Å². The molecule has 0 bridgehead atoms. The number of hydrogen-bond donors (Lipinski definition) is 1. The number of rotatable bonds is 4. The molecule has 1 amide bonds. The molecule has 0 saturated heterocycles. The van der Waals surface area contributed by atoms with Gasteiger partial charge in [0.2, 0.25) is 5.91 Å². The molecule has 0 saturated carbocycles. The van der Waals surface area contributed by atoms with Crippen molar-refractivity contribution in [2.45, 2.75) is 24.5 Å². The van der Waals surface area contributed by atoms with Crippen molar-refractivity contribution in [1.82, 2.24) is 4.98 Å². The first-order valence-corrected chi connectivity index (χ1v) is 7.04. The smallest absolute Gasteiger partial charge is 0.222 e. The van der Waals surface area contributed by atoms with Crippen LogP contribution in [-0.2, 0) is 10.5 Å². The van der Waals surface area contributed by atoms with Gasteiger partial charge in [-0.15, -0.1) is 11.8 Å². The lowest BCUT2D eigenvalue weighted by Crippen LogP contribution is -2.08. The van der Waals surface area contributed by atoms with Gasteiger partial charge < -0.3 is 5.32 Å². The monoisotopic (exact) mass is 272 g/mol. The van der Waals surface area contributed by atoms with Crippen LogP contribution >= 0.6 is 11.8 Å². The molecule has 4 heteroatoms. The molecular weight excluding hydrogens is 256 g/mol. The van der Waals surface area contributed by atoms with Crippen LogP contribution in [0.2, 0.25) is 0 Å². The lowest BCUT2D eigenvalue weighted by molar-refractivity contribution is -0.114. The Labute approximate surface area is 117 Å². The van der Waals surface area contributed by atoms with E-state index in [1.165, 1.54) is 12.5 Å². The predicted molar refractivity (Wildman–Crippen MR) is 79.3 cm³/mol. The van der Waals surface area contributed by atoms with Crippen molar-refractivity contribution < 1.29 is 4.79 Å². The zero-order valence-corrected chi connectivity index (χ0v) is 11.8. The Kier molecular flexibility index (Phi) is 4.58. The van der Waals surface area contributed by atoms with Crippen molar-refractivity contribution in [3.63, 3.8) is 0 Å². The third-order valence-corrected chi connectivity index (χ3v) is 3.62. The van der Waals surface area contributed by atoms with Crippen molar-refractivity contribution in [1.29, 1.82) is 0 Å². The van der Waals surface area contributed by atoms with Gasteiger partial charge in [-0.2, -0.15) is 0 Å².